The summed E-state index contributed by atoms with van der Waals surface area (Å²) in [6, 6.07) is -0.858. The molecule has 2 saturated heterocycles. The molecule has 2 rings (SSSR count). The van der Waals surface area contributed by atoms with Crippen LogP contribution in [0.15, 0.2) is 0 Å². The summed E-state index contributed by atoms with van der Waals surface area (Å²) in [6.45, 7) is 1.16. The Hall–Kier alpha value is -0.690. The fourth-order valence-corrected chi connectivity index (χ4v) is 2.56. The zero-order chi connectivity index (χ0) is 11.0. The van der Waals surface area contributed by atoms with E-state index in [9.17, 15) is 20.1 Å². The van der Waals surface area contributed by atoms with Crippen molar-refractivity contribution in [3.05, 3.63) is 0 Å². The Morgan fingerprint density at radius 3 is 2.67 bits per heavy atom. The summed E-state index contributed by atoms with van der Waals surface area (Å²) in [6.07, 6.45) is -1.49. The highest BCUT2D eigenvalue weighted by Gasteiger charge is 2.47. The van der Waals surface area contributed by atoms with Crippen molar-refractivity contribution in [1.82, 2.24) is 10.2 Å². The maximum absolute atomic E-state index is 10.3. The van der Waals surface area contributed by atoms with Crippen LogP contribution in [0.1, 0.15) is 6.42 Å². The molecule has 0 radical (unpaired) electrons. The van der Waals surface area contributed by atoms with Gasteiger partial charge in [-0.3, -0.25) is 9.69 Å². The number of nitrogens with zero attached hydrogens (tertiary/aromatic N) is 1. The number of aliphatic hydroxyl groups excluding tert-OH is 3. The lowest BCUT2D eigenvalue weighted by Gasteiger charge is -2.42. The Kier molecular flexibility index (Phi) is 2.92. The lowest BCUT2D eigenvalue weighted by molar-refractivity contribution is -0.119. The van der Waals surface area contributed by atoms with Crippen LogP contribution in [0.5, 0.6) is 0 Å². The minimum atomic E-state index is -1.01. The Morgan fingerprint density at radius 2 is 2.00 bits per heavy atom. The number of carbonyl (C=O) groups excluding carboxylic acids is 1. The van der Waals surface area contributed by atoms with Crippen molar-refractivity contribution in [2.24, 2.45) is 0 Å². The van der Waals surface area contributed by atoms with E-state index in [1.54, 1.807) is 0 Å². The molecule has 86 valence electrons. The van der Waals surface area contributed by atoms with Gasteiger partial charge >= 0.3 is 0 Å². The molecule has 2 fully saturated rings. The third-order valence-electron chi connectivity index (χ3n) is 3.35. The van der Waals surface area contributed by atoms with Gasteiger partial charge in [-0.25, -0.2) is 0 Å². The molecular formula is C9H16N2O4. The number of fused-ring (bicyclic) bond motifs is 1. The summed E-state index contributed by atoms with van der Waals surface area (Å²) >= 11 is 0. The molecule has 2 aliphatic rings. The molecule has 2 unspecified atom stereocenters. The number of aliphatic hydroxyl groups is 3. The van der Waals surface area contributed by atoms with Crippen molar-refractivity contribution >= 4 is 6.41 Å². The minimum absolute atomic E-state index is 0.398. The molecule has 0 spiro atoms. The Balaban J connectivity index is 2.10. The number of carbonyl (C=O) groups is 1. The normalized spacial score (nSPS) is 46.2. The molecule has 6 heteroatoms. The quantitative estimate of drug-likeness (QED) is 0.376. The van der Waals surface area contributed by atoms with Gasteiger partial charge in [-0.1, -0.05) is 0 Å². The molecule has 2 aliphatic heterocycles. The van der Waals surface area contributed by atoms with E-state index in [-0.39, 0.29) is 0 Å². The van der Waals surface area contributed by atoms with Crippen molar-refractivity contribution in [3.8, 4) is 0 Å². The Bertz CT molecular complexity index is 250. The Labute approximate surface area is 87.5 Å². The van der Waals surface area contributed by atoms with E-state index in [4.69, 9.17) is 0 Å². The largest absolute Gasteiger partial charge is 0.391 e. The molecule has 15 heavy (non-hydrogen) atoms. The van der Waals surface area contributed by atoms with Crippen LogP contribution < -0.4 is 5.32 Å². The second-order valence-electron chi connectivity index (χ2n) is 4.21. The molecule has 0 aliphatic carbocycles. The first-order valence-corrected chi connectivity index (χ1v) is 5.13. The zero-order valence-corrected chi connectivity index (χ0v) is 8.28. The van der Waals surface area contributed by atoms with Crippen LogP contribution in [0.3, 0.4) is 0 Å². The minimum Gasteiger partial charge on any atom is -0.391 e. The number of nitrogens with one attached hydrogen (secondary N) is 1. The van der Waals surface area contributed by atoms with Crippen LogP contribution >= 0.6 is 0 Å². The fraction of sp³-hybridized carbons (Fsp3) is 0.889. The second kappa shape index (κ2) is 4.05. The summed E-state index contributed by atoms with van der Waals surface area (Å²) in [4.78, 5) is 12.2. The molecule has 5 atom stereocenters. The molecule has 0 bridgehead atoms. The molecule has 1 amide bonds. The molecule has 2 heterocycles. The highest BCUT2D eigenvalue weighted by molar-refractivity contribution is 5.47. The summed E-state index contributed by atoms with van der Waals surface area (Å²) < 4.78 is 0. The highest BCUT2D eigenvalue weighted by atomic mass is 16.3. The number of hydrogen-bond donors (Lipinski definition) is 4. The Morgan fingerprint density at radius 1 is 1.27 bits per heavy atom. The predicted octanol–water partition coefficient (Wildman–Crippen LogP) is -2.73. The van der Waals surface area contributed by atoms with Crippen molar-refractivity contribution < 1.29 is 20.1 Å². The van der Waals surface area contributed by atoms with E-state index in [1.165, 1.54) is 0 Å². The summed E-state index contributed by atoms with van der Waals surface area (Å²) in [7, 11) is 0. The van der Waals surface area contributed by atoms with Gasteiger partial charge in [0.1, 0.15) is 6.10 Å². The number of rotatable bonds is 2. The highest BCUT2D eigenvalue weighted by Crippen LogP contribution is 2.27. The van der Waals surface area contributed by atoms with Crippen molar-refractivity contribution in [3.63, 3.8) is 0 Å². The molecule has 6 nitrogen and oxygen atoms in total. The lowest BCUT2D eigenvalue weighted by atomic mass is 9.91. The first kappa shape index (κ1) is 10.8. The predicted molar refractivity (Wildman–Crippen MR) is 51.0 cm³/mol. The average molecular weight is 216 g/mol. The van der Waals surface area contributed by atoms with Gasteiger partial charge in [0.2, 0.25) is 6.41 Å². The summed E-state index contributed by atoms with van der Waals surface area (Å²) in [5, 5.41) is 31.6. The average Bonchev–Trinajstić information content (AvgIpc) is 2.56. The number of piperidine rings is 1. The van der Waals surface area contributed by atoms with E-state index >= 15 is 0 Å². The van der Waals surface area contributed by atoms with Gasteiger partial charge in [-0.05, 0) is 6.42 Å². The van der Waals surface area contributed by atoms with Crippen LogP contribution in [0.25, 0.3) is 0 Å². The summed E-state index contributed by atoms with van der Waals surface area (Å²) in [5.74, 6) is 0. The summed E-state index contributed by atoms with van der Waals surface area (Å²) in [5.41, 5.74) is 0. The molecule has 0 aromatic carbocycles. The maximum Gasteiger partial charge on any atom is 0.207 e. The van der Waals surface area contributed by atoms with Gasteiger partial charge in [0.15, 0.2) is 0 Å². The monoisotopic (exact) mass is 216 g/mol. The maximum atomic E-state index is 10.3. The van der Waals surface area contributed by atoms with E-state index in [2.05, 4.69) is 5.32 Å². The fourth-order valence-electron chi connectivity index (χ4n) is 2.56. The van der Waals surface area contributed by atoms with Gasteiger partial charge < -0.3 is 20.6 Å². The molecule has 0 aromatic heterocycles. The van der Waals surface area contributed by atoms with Crippen LogP contribution in [0.4, 0.5) is 0 Å². The van der Waals surface area contributed by atoms with Gasteiger partial charge in [0.25, 0.3) is 0 Å². The number of hydrogen-bond acceptors (Lipinski definition) is 5. The molecule has 4 N–H and O–H groups in total. The van der Waals surface area contributed by atoms with Crippen LogP contribution in [0.2, 0.25) is 0 Å². The number of amides is 1. The third-order valence-corrected chi connectivity index (χ3v) is 3.35. The van der Waals surface area contributed by atoms with Crippen molar-refractivity contribution in [1.29, 1.82) is 0 Å². The van der Waals surface area contributed by atoms with E-state index in [1.807, 2.05) is 4.90 Å². The van der Waals surface area contributed by atoms with Gasteiger partial charge in [0, 0.05) is 13.1 Å². The van der Waals surface area contributed by atoms with Crippen molar-refractivity contribution in [2.45, 2.75) is 36.8 Å². The van der Waals surface area contributed by atoms with E-state index < -0.39 is 30.4 Å². The van der Waals surface area contributed by atoms with Crippen LogP contribution in [0, 0.1) is 0 Å². The standard InChI is InChI=1S/C9H16N2O4/c12-4-10-5-3-11-2-1-6(13)7(11)9(15)8(5)14/h4-9,13-15H,1-3H2,(H,10,12)/t5-,6?,7?,8+,9+/m0/s1. The van der Waals surface area contributed by atoms with Crippen molar-refractivity contribution in [2.75, 3.05) is 13.1 Å². The van der Waals surface area contributed by atoms with Gasteiger partial charge in [-0.15, -0.1) is 0 Å². The van der Waals surface area contributed by atoms with Crippen LogP contribution in [-0.2, 0) is 4.79 Å². The van der Waals surface area contributed by atoms with Crippen LogP contribution in [-0.4, -0.2) is 70.1 Å². The van der Waals surface area contributed by atoms with E-state index in [0.717, 1.165) is 0 Å². The third kappa shape index (κ3) is 1.74. The molecule has 0 aromatic rings. The SMILES string of the molecule is O=CN[C@H]1CN2CCC(O)C2[C@@H](O)[C@@H]1O. The smallest absolute Gasteiger partial charge is 0.207 e. The first-order chi connectivity index (χ1) is 7.15. The van der Waals surface area contributed by atoms with Gasteiger partial charge in [-0.2, -0.15) is 0 Å². The zero-order valence-electron chi connectivity index (χ0n) is 8.28. The topological polar surface area (TPSA) is 93.0 Å². The first-order valence-electron chi connectivity index (χ1n) is 5.13. The van der Waals surface area contributed by atoms with Gasteiger partial charge in [0.05, 0.1) is 24.3 Å². The van der Waals surface area contributed by atoms with E-state index in [0.29, 0.717) is 25.9 Å². The second-order valence-corrected chi connectivity index (χ2v) is 4.21. The molecular weight excluding hydrogens is 200 g/mol. The lowest BCUT2D eigenvalue weighted by Crippen LogP contribution is -2.64. The molecule has 0 saturated carbocycles.